The molecule has 15 nitrogen and oxygen atoms in total. The number of carbonyl (C=O) groups excluding carboxylic acids is 3. The summed E-state index contributed by atoms with van der Waals surface area (Å²) in [5.41, 5.74) is 3.23. The third kappa shape index (κ3) is 12.9. The Kier molecular flexibility index (Phi) is 15.6. The first kappa shape index (κ1) is 48.0. The summed E-state index contributed by atoms with van der Waals surface area (Å²) < 4.78 is 40.3. The van der Waals surface area contributed by atoms with Crippen molar-refractivity contribution in [2.75, 3.05) is 68.2 Å². The predicted molar refractivity (Wildman–Crippen MR) is 253 cm³/mol. The molecule has 2 aromatic heterocycles. The van der Waals surface area contributed by atoms with Crippen LogP contribution in [0.1, 0.15) is 112 Å². The molecule has 3 fully saturated rings. The van der Waals surface area contributed by atoms with Gasteiger partial charge in [-0.15, -0.1) is 0 Å². The second-order valence-electron chi connectivity index (χ2n) is 18.9. The Balaban J connectivity index is 0.994. The van der Waals surface area contributed by atoms with Crippen LogP contribution in [0.3, 0.4) is 0 Å². The molecule has 17 heteroatoms. The molecule has 0 bridgehead atoms. The first-order valence-electron chi connectivity index (χ1n) is 23.1. The van der Waals surface area contributed by atoms with E-state index in [9.17, 15) is 22.8 Å². The smallest absolute Gasteiger partial charge is 0.410 e. The fourth-order valence-corrected chi connectivity index (χ4v) is 10.1. The minimum atomic E-state index is -3.66. The minimum absolute atomic E-state index is 0.0650. The van der Waals surface area contributed by atoms with Crippen molar-refractivity contribution >= 4 is 56.7 Å². The van der Waals surface area contributed by atoms with Gasteiger partial charge in [-0.1, -0.05) is 67.6 Å². The second-order valence-corrected chi connectivity index (χ2v) is 21.1. The molecule has 352 valence electrons. The van der Waals surface area contributed by atoms with Crippen LogP contribution < -0.4 is 9.62 Å². The van der Waals surface area contributed by atoms with Gasteiger partial charge in [-0.25, -0.2) is 27.5 Å². The Morgan fingerprint density at radius 3 is 2.38 bits per heavy atom. The standard InChI is InChI=1S/C48H65ClN8O7S/c1-34-31-57-43(30-41(51-57)38-17-11-6-7-12-18-39(38)44(58)40-20-19-36(49)29-42(40)52-65(5,61)62)50-45(34)55-24-21-37(32-55)56(47(60)64-48(2,3)4)23-14-13-22-53-25-27-54(28-26-53)46(59)63-33-35-15-9-8-10-16-35/h8-10,15-16,19-20,29-31,37-39,52H,6-7,11-14,17-18,21-28,32-33H2,1-5H3/t37-,38?,39?/m0/s1. The van der Waals surface area contributed by atoms with E-state index in [0.717, 1.165) is 106 Å². The Bertz CT molecular complexity index is 2400. The third-order valence-corrected chi connectivity index (χ3v) is 13.5. The Labute approximate surface area is 388 Å². The van der Waals surface area contributed by atoms with Crippen LogP contribution in [-0.4, -0.2) is 126 Å². The van der Waals surface area contributed by atoms with Gasteiger partial charge in [0.05, 0.1) is 23.7 Å². The number of benzene rings is 2. The van der Waals surface area contributed by atoms with E-state index < -0.39 is 21.5 Å². The van der Waals surface area contributed by atoms with Crippen molar-refractivity contribution in [1.82, 2.24) is 29.3 Å². The van der Waals surface area contributed by atoms with Gasteiger partial charge in [0.2, 0.25) is 10.0 Å². The number of ketones is 1. The van der Waals surface area contributed by atoms with Gasteiger partial charge in [-0.05, 0) is 90.1 Å². The number of sulfonamides is 1. The van der Waals surface area contributed by atoms with E-state index in [-0.39, 0.29) is 42.2 Å². The summed E-state index contributed by atoms with van der Waals surface area (Å²) >= 11 is 6.26. The molecule has 2 unspecified atom stereocenters. The predicted octanol–water partition coefficient (Wildman–Crippen LogP) is 8.55. The van der Waals surface area contributed by atoms with Crippen molar-refractivity contribution in [2.45, 2.75) is 110 Å². The van der Waals surface area contributed by atoms with Gasteiger partial charge in [0.15, 0.2) is 11.4 Å². The van der Waals surface area contributed by atoms with E-state index in [1.54, 1.807) is 21.5 Å². The topological polar surface area (TPSA) is 159 Å². The Morgan fingerprint density at radius 2 is 1.66 bits per heavy atom. The number of Topliss-reactive ketones (excluding diaryl/α,β-unsaturated/α-hetero) is 1. The van der Waals surface area contributed by atoms with E-state index in [4.69, 9.17) is 31.2 Å². The normalized spacial score (nSPS) is 20.0. The van der Waals surface area contributed by atoms with Crippen molar-refractivity contribution in [1.29, 1.82) is 0 Å². The number of aromatic nitrogens is 3. The van der Waals surface area contributed by atoms with Crippen LogP contribution in [0.5, 0.6) is 0 Å². The van der Waals surface area contributed by atoms with Crippen LogP contribution >= 0.6 is 11.6 Å². The number of carbonyl (C=O) groups is 3. The fourth-order valence-electron chi connectivity index (χ4n) is 9.40. The van der Waals surface area contributed by atoms with Crippen molar-refractivity contribution in [3.05, 3.63) is 88.2 Å². The summed E-state index contributed by atoms with van der Waals surface area (Å²) in [6.45, 7) is 13.5. The molecule has 1 aliphatic carbocycles. The molecule has 2 amide bonds. The molecule has 4 heterocycles. The lowest BCUT2D eigenvalue weighted by Gasteiger charge is -2.34. The molecule has 7 rings (SSSR count). The maximum atomic E-state index is 14.4. The SMILES string of the molecule is Cc1cn2nc(C3CCCCCCC3C(=O)c3ccc(Cl)cc3NS(C)(=O)=O)cc2nc1N1CC[C@H](N(CCCCN2CCN(C(=O)OCc3ccccc3)CC2)C(=O)OC(C)(C)C)C1. The molecule has 2 saturated heterocycles. The highest BCUT2D eigenvalue weighted by Crippen LogP contribution is 2.39. The number of nitrogens with one attached hydrogen (secondary N) is 1. The number of hydrogen-bond acceptors (Lipinski definition) is 11. The molecule has 65 heavy (non-hydrogen) atoms. The van der Waals surface area contributed by atoms with Crippen molar-refractivity contribution < 1.29 is 32.3 Å². The number of halogens is 1. The van der Waals surface area contributed by atoms with Crippen molar-refractivity contribution in [3.63, 3.8) is 0 Å². The summed E-state index contributed by atoms with van der Waals surface area (Å²) in [7, 11) is -3.66. The monoisotopic (exact) mass is 932 g/mol. The first-order valence-corrected chi connectivity index (χ1v) is 25.4. The van der Waals surface area contributed by atoms with Crippen LogP contribution in [0.4, 0.5) is 21.1 Å². The van der Waals surface area contributed by atoms with Gasteiger partial charge in [-0.3, -0.25) is 14.4 Å². The third-order valence-electron chi connectivity index (χ3n) is 12.6. The number of piperazine rings is 1. The zero-order valence-corrected chi connectivity index (χ0v) is 40.1. The summed E-state index contributed by atoms with van der Waals surface area (Å²) in [4.78, 5) is 54.3. The number of nitrogens with zero attached hydrogens (tertiary/aromatic N) is 7. The number of amides is 2. The summed E-state index contributed by atoms with van der Waals surface area (Å²) in [6, 6.07) is 16.3. The van der Waals surface area contributed by atoms with E-state index in [0.29, 0.717) is 48.8 Å². The number of fused-ring (bicyclic) bond motifs is 1. The van der Waals surface area contributed by atoms with Crippen molar-refractivity contribution in [3.8, 4) is 0 Å². The highest BCUT2D eigenvalue weighted by molar-refractivity contribution is 7.92. The van der Waals surface area contributed by atoms with Gasteiger partial charge < -0.3 is 24.2 Å². The number of anilines is 2. The van der Waals surface area contributed by atoms with Crippen LogP contribution in [0, 0.1) is 12.8 Å². The number of rotatable bonds is 14. The average Bonchev–Trinajstić information content (AvgIpc) is 3.89. The zero-order valence-electron chi connectivity index (χ0n) is 38.5. The maximum Gasteiger partial charge on any atom is 0.410 e. The minimum Gasteiger partial charge on any atom is -0.445 e. The van der Waals surface area contributed by atoms with E-state index in [2.05, 4.69) is 14.5 Å². The number of unbranched alkanes of at least 4 members (excludes halogenated alkanes) is 1. The van der Waals surface area contributed by atoms with E-state index in [1.807, 2.05) is 75.2 Å². The average molecular weight is 934 g/mol. The van der Waals surface area contributed by atoms with Crippen molar-refractivity contribution in [2.24, 2.45) is 5.92 Å². The van der Waals surface area contributed by atoms with Gasteiger partial charge >= 0.3 is 12.2 Å². The second kappa shape index (κ2) is 21.1. The molecule has 2 aromatic carbocycles. The largest absolute Gasteiger partial charge is 0.445 e. The van der Waals surface area contributed by atoms with Gasteiger partial charge in [0.1, 0.15) is 18.0 Å². The quantitative estimate of drug-likeness (QED) is 0.0954. The number of aryl methyl sites for hydroxylation is 1. The molecule has 4 aromatic rings. The molecule has 1 N–H and O–H groups in total. The Morgan fingerprint density at radius 1 is 0.923 bits per heavy atom. The van der Waals surface area contributed by atoms with Gasteiger partial charge in [-0.2, -0.15) is 5.10 Å². The summed E-state index contributed by atoms with van der Waals surface area (Å²) in [5, 5.41) is 5.35. The molecular weight excluding hydrogens is 868 g/mol. The maximum absolute atomic E-state index is 14.4. The highest BCUT2D eigenvalue weighted by atomic mass is 35.5. The van der Waals surface area contributed by atoms with E-state index >= 15 is 0 Å². The molecular formula is C48H65ClN8O7S. The lowest BCUT2D eigenvalue weighted by molar-refractivity contribution is 0.0172. The summed E-state index contributed by atoms with van der Waals surface area (Å²) in [6.07, 6.45) is 10.3. The van der Waals surface area contributed by atoms with Crippen LogP contribution in [0.2, 0.25) is 5.02 Å². The van der Waals surface area contributed by atoms with Crippen LogP contribution in [0.25, 0.3) is 5.65 Å². The van der Waals surface area contributed by atoms with Gasteiger partial charge in [0, 0.05) is 86.1 Å². The number of hydrogen-bond donors (Lipinski definition) is 1. The summed E-state index contributed by atoms with van der Waals surface area (Å²) in [5.74, 6) is 0.108. The first-order chi connectivity index (χ1) is 31.0. The van der Waals surface area contributed by atoms with Crippen LogP contribution in [0.15, 0.2) is 60.8 Å². The van der Waals surface area contributed by atoms with Crippen LogP contribution in [-0.2, 0) is 26.1 Å². The molecule has 2 aliphatic heterocycles. The highest BCUT2D eigenvalue weighted by Gasteiger charge is 2.36. The molecule has 0 radical (unpaired) electrons. The zero-order chi connectivity index (χ0) is 46.3. The van der Waals surface area contributed by atoms with E-state index in [1.165, 1.54) is 6.07 Å². The Hall–Kier alpha value is -4.93. The number of ether oxygens (including phenoxy) is 2. The molecule has 3 atom stereocenters. The molecule has 3 aliphatic rings. The lowest BCUT2D eigenvalue weighted by atomic mass is 9.76. The fraction of sp³-hybridized carbons (Fsp3) is 0.562. The molecule has 0 spiro atoms. The lowest BCUT2D eigenvalue weighted by Crippen LogP contribution is -2.49. The molecule has 1 saturated carbocycles. The van der Waals surface area contributed by atoms with Gasteiger partial charge in [0.25, 0.3) is 0 Å².